The number of rotatable bonds is 4. The Labute approximate surface area is 137 Å². The number of carbonyl (C=O) groups is 2. The molecule has 0 radical (unpaired) electrons. The maximum absolute atomic E-state index is 12.4. The highest BCUT2D eigenvalue weighted by atomic mass is 32.2. The van der Waals surface area contributed by atoms with Crippen LogP contribution < -0.4 is 15.8 Å². The molecule has 0 unspecified atom stereocenters. The summed E-state index contributed by atoms with van der Waals surface area (Å²) in [5.74, 6) is -0.590. The SMILES string of the molecule is CC(=O)N[C@@H]1[C@@H](NC(=O)c2sccc2S(N)(=O)=O)[C@H]2CCO[C@H]21. The van der Waals surface area contributed by atoms with Crippen molar-refractivity contribution in [2.24, 2.45) is 11.1 Å². The molecule has 10 heteroatoms. The highest BCUT2D eigenvalue weighted by Gasteiger charge is 2.55. The Kier molecular flexibility index (Phi) is 4.17. The van der Waals surface area contributed by atoms with E-state index in [1.54, 1.807) is 0 Å². The zero-order chi connectivity index (χ0) is 16.8. The van der Waals surface area contributed by atoms with Gasteiger partial charge in [-0.25, -0.2) is 13.6 Å². The van der Waals surface area contributed by atoms with E-state index in [9.17, 15) is 18.0 Å². The topological polar surface area (TPSA) is 128 Å². The van der Waals surface area contributed by atoms with Gasteiger partial charge in [0.2, 0.25) is 15.9 Å². The largest absolute Gasteiger partial charge is 0.376 e. The molecule has 2 fully saturated rings. The van der Waals surface area contributed by atoms with E-state index in [1.165, 1.54) is 18.4 Å². The van der Waals surface area contributed by atoms with Crippen LogP contribution in [0.3, 0.4) is 0 Å². The Morgan fingerprint density at radius 1 is 1.35 bits per heavy atom. The van der Waals surface area contributed by atoms with Gasteiger partial charge in [0.1, 0.15) is 9.77 Å². The van der Waals surface area contributed by atoms with Crippen molar-refractivity contribution in [3.8, 4) is 0 Å². The molecule has 0 spiro atoms. The summed E-state index contributed by atoms with van der Waals surface area (Å²) in [7, 11) is -3.95. The number of thiophene rings is 1. The third-order valence-corrected chi connectivity index (χ3v) is 6.19. The lowest BCUT2D eigenvalue weighted by Crippen LogP contribution is -2.70. The van der Waals surface area contributed by atoms with Crippen LogP contribution in [0.1, 0.15) is 23.0 Å². The molecule has 126 valence electrons. The first-order chi connectivity index (χ1) is 10.8. The van der Waals surface area contributed by atoms with Crippen LogP contribution in [0.25, 0.3) is 0 Å². The van der Waals surface area contributed by atoms with Gasteiger partial charge in [-0.05, 0) is 17.9 Å². The fourth-order valence-electron chi connectivity index (χ4n) is 3.21. The van der Waals surface area contributed by atoms with E-state index in [-0.39, 0.29) is 39.8 Å². The summed E-state index contributed by atoms with van der Waals surface area (Å²) in [5, 5.41) is 12.2. The zero-order valence-corrected chi connectivity index (χ0v) is 13.9. The van der Waals surface area contributed by atoms with Crippen LogP contribution >= 0.6 is 11.3 Å². The number of nitrogens with two attached hydrogens (primary N) is 1. The summed E-state index contributed by atoms with van der Waals surface area (Å²) in [6.45, 7) is 1.98. The van der Waals surface area contributed by atoms with Gasteiger partial charge >= 0.3 is 0 Å². The quantitative estimate of drug-likeness (QED) is 0.662. The summed E-state index contributed by atoms with van der Waals surface area (Å²) in [6, 6.07) is 0.721. The monoisotopic (exact) mass is 359 g/mol. The lowest BCUT2D eigenvalue weighted by molar-refractivity contribution is -0.123. The first-order valence-corrected chi connectivity index (χ1v) is 9.51. The Balaban J connectivity index is 1.77. The average molecular weight is 359 g/mol. The Hall–Kier alpha value is -1.49. The van der Waals surface area contributed by atoms with Crippen LogP contribution in [0.5, 0.6) is 0 Å². The van der Waals surface area contributed by atoms with Gasteiger partial charge in [0.25, 0.3) is 5.91 Å². The summed E-state index contributed by atoms with van der Waals surface area (Å²) in [6.07, 6.45) is 0.684. The summed E-state index contributed by atoms with van der Waals surface area (Å²) >= 11 is 1.01. The molecule has 23 heavy (non-hydrogen) atoms. The second-order valence-electron chi connectivity index (χ2n) is 5.67. The maximum Gasteiger partial charge on any atom is 0.263 e. The minimum Gasteiger partial charge on any atom is -0.376 e. The van der Waals surface area contributed by atoms with Crippen molar-refractivity contribution in [2.45, 2.75) is 36.4 Å². The first kappa shape index (κ1) is 16.4. The number of ether oxygens (including phenoxy) is 1. The zero-order valence-electron chi connectivity index (χ0n) is 12.3. The third-order valence-electron chi connectivity index (χ3n) is 4.20. The second kappa shape index (κ2) is 5.86. The van der Waals surface area contributed by atoms with Crippen molar-refractivity contribution in [3.05, 3.63) is 16.3 Å². The molecular weight excluding hydrogens is 342 g/mol. The Bertz CT molecular complexity index is 745. The second-order valence-corrected chi connectivity index (χ2v) is 8.12. The van der Waals surface area contributed by atoms with Crippen LogP contribution in [-0.2, 0) is 19.6 Å². The fourth-order valence-corrected chi connectivity index (χ4v) is 5.09. The van der Waals surface area contributed by atoms with Gasteiger partial charge in [-0.15, -0.1) is 11.3 Å². The van der Waals surface area contributed by atoms with Crippen molar-refractivity contribution in [1.82, 2.24) is 10.6 Å². The molecule has 1 aliphatic carbocycles. The van der Waals surface area contributed by atoms with Crippen LogP contribution in [0.4, 0.5) is 0 Å². The highest BCUT2D eigenvalue weighted by molar-refractivity contribution is 7.89. The molecule has 1 saturated heterocycles. The average Bonchev–Trinajstić information content (AvgIpc) is 3.08. The van der Waals surface area contributed by atoms with Gasteiger partial charge < -0.3 is 15.4 Å². The molecule has 2 aliphatic rings. The molecule has 8 nitrogen and oxygen atoms in total. The molecule has 4 atom stereocenters. The standard InChI is InChI=1S/C13H17N3O5S2/c1-6(17)15-10-9(7-2-4-21-11(7)10)16-13(18)12-8(3-5-22-12)23(14,19)20/h3,5,7,9-11H,2,4H2,1H3,(H,15,17)(H,16,18)(H2,14,19,20)/t7-,9+,10-,11-/m1/s1. The van der Waals surface area contributed by atoms with Crippen LogP contribution in [-0.4, -0.2) is 45.0 Å². The molecule has 2 heterocycles. The number of primary sulfonamides is 1. The van der Waals surface area contributed by atoms with Crippen molar-refractivity contribution in [1.29, 1.82) is 0 Å². The van der Waals surface area contributed by atoms with E-state index < -0.39 is 15.9 Å². The molecule has 0 aromatic carbocycles. The fraction of sp³-hybridized carbons (Fsp3) is 0.538. The van der Waals surface area contributed by atoms with Crippen LogP contribution in [0.15, 0.2) is 16.3 Å². The van der Waals surface area contributed by atoms with Crippen LogP contribution in [0.2, 0.25) is 0 Å². The van der Waals surface area contributed by atoms with Crippen molar-refractivity contribution in [2.75, 3.05) is 6.61 Å². The Morgan fingerprint density at radius 2 is 2.09 bits per heavy atom. The summed E-state index contributed by atoms with van der Waals surface area (Å²) < 4.78 is 28.6. The number of carbonyl (C=O) groups excluding carboxylic acids is 2. The van der Waals surface area contributed by atoms with E-state index in [1.807, 2.05) is 0 Å². The molecule has 3 rings (SSSR count). The Morgan fingerprint density at radius 3 is 2.74 bits per heavy atom. The predicted octanol–water partition coefficient (Wildman–Crippen LogP) is -0.583. The van der Waals surface area contributed by atoms with Gasteiger partial charge in [-0.3, -0.25) is 9.59 Å². The van der Waals surface area contributed by atoms with Gasteiger partial charge in [0.05, 0.1) is 18.2 Å². The normalized spacial score (nSPS) is 29.5. The van der Waals surface area contributed by atoms with E-state index in [2.05, 4.69) is 10.6 Å². The minimum atomic E-state index is -3.95. The van der Waals surface area contributed by atoms with E-state index in [4.69, 9.17) is 9.88 Å². The molecule has 4 N–H and O–H groups in total. The number of hydrogen-bond acceptors (Lipinski definition) is 6. The van der Waals surface area contributed by atoms with Crippen molar-refractivity contribution < 1.29 is 22.7 Å². The van der Waals surface area contributed by atoms with E-state index >= 15 is 0 Å². The highest BCUT2D eigenvalue weighted by Crippen LogP contribution is 2.39. The van der Waals surface area contributed by atoms with E-state index in [0.717, 1.165) is 17.8 Å². The molecule has 1 aliphatic heterocycles. The lowest BCUT2D eigenvalue weighted by Gasteiger charge is -2.47. The number of nitrogens with one attached hydrogen (secondary N) is 2. The predicted molar refractivity (Wildman–Crippen MR) is 82.4 cm³/mol. The number of amides is 2. The number of hydrogen-bond donors (Lipinski definition) is 3. The molecule has 0 bridgehead atoms. The molecule has 1 aromatic heterocycles. The summed E-state index contributed by atoms with van der Waals surface area (Å²) in [5.41, 5.74) is 0. The van der Waals surface area contributed by atoms with Gasteiger partial charge in [-0.1, -0.05) is 0 Å². The maximum atomic E-state index is 12.4. The lowest BCUT2D eigenvalue weighted by atomic mass is 9.71. The van der Waals surface area contributed by atoms with Gasteiger partial charge in [-0.2, -0.15) is 0 Å². The number of fused-ring (bicyclic) bond motifs is 1. The van der Waals surface area contributed by atoms with Gasteiger partial charge in [0.15, 0.2) is 0 Å². The molecule has 1 saturated carbocycles. The van der Waals surface area contributed by atoms with Gasteiger partial charge in [0, 0.05) is 19.4 Å². The van der Waals surface area contributed by atoms with E-state index in [0.29, 0.717) is 6.61 Å². The smallest absolute Gasteiger partial charge is 0.263 e. The molecule has 2 amide bonds. The molecule has 1 aromatic rings. The number of sulfonamides is 1. The van der Waals surface area contributed by atoms with Crippen LogP contribution in [0, 0.1) is 5.92 Å². The molecular formula is C13H17N3O5S2. The minimum absolute atomic E-state index is 0.0523. The summed E-state index contributed by atoms with van der Waals surface area (Å²) in [4.78, 5) is 23.6. The first-order valence-electron chi connectivity index (χ1n) is 7.09. The third kappa shape index (κ3) is 2.99. The van der Waals surface area contributed by atoms with Crippen molar-refractivity contribution in [3.63, 3.8) is 0 Å². The van der Waals surface area contributed by atoms with Crippen molar-refractivity contribution >= 4 is 33.2 Å².